The van der Waals surface area contributed by atoms with Crippen LogP contribution in [0.1, 0.15) is 44.5 Å². The largest absolute Gasteiger partial charge is 0.488 e. The molecule has 0 saturated heterocycles. The van der Waals surface area contributed by atoms with Crippen LogP contribution in [0.2, 0.25) is 0 Å². The van der Waals surface area contributed by atoms with E-state index in [0.717, 1.165) is 61.1 Å². The zero-order valence-corrected chi connectivity index (χ0v) is 72.4. The molecule has 0 amide bonds. The molecular formula is C122H87BBrN3O2. The summed E-state index contributed by atoms with van der Waals surface area (Å²) in [4.78, 5) is 6.98. The highest BCUT2D eigenvalue weighted by Gasteiger charge is 2.53. The molecule has 612 valence electrons. The van der Waals surface area contributed by atoms with Crippen molar-refractivity contribution in [2.75, 3.05) is 14.7 Å². The van der Waals surface area contributed by atoms with Gasteiger partial charge in [0.25, 0.3) is 0 Å². The summed E-state index contributed by atoms with van der Waals surface area (Å²) in [7, 11) is -1.49. The summed E-state index contributed by atoms with van der Waals surface area (Å²) in [6, 6.07) is 183. The van der Waals surface area contributed by atoms with Gasteiger partial charge in [-0.25, -0.2) is 0 Å². The van der Waals surface area contributed by atoms with E-state index in [1.807, 2.05) is 36.4 Å². The minimum atomic E-state index is -1.49. The molecule has 7 heteroatoms. The molecule has 0 unspecified atom stereocenters. The van der Waals surface area contributed by atoms with Crippen molar-refractivity contribution in [2.45, 2.75) is 10.8 Å². The van der Waals surface area contributed by atoms with Crippen molar-refractivity contribution >= 4 is 79.7 Å². The highest BCUT2D eigenvalue weighted by molar-refractivity contribution is 9.10. The topological polar surface area (TPSA) is 50.2 Å². The minimum Gasteiger partial charge on any atom is -0.423 e. The van der Waals surface area contributed by atoms with E-state index in [0.29, 0.717) is 5.46 Å². The third kappa shape index (κ3) is 14.6. The van der Waals surface area contributed by atoms with E-state index in [4.69, 9.17) is 0 Å². The second-order valence-corrected chi connectivity index (χ2v) is 33.7. The van der Waals surface area contributed by atoms with E-state index in [9.17, 15) is 10.0 Å². The number of hydrogen-bond acceptors (Lipinski definition) is 5. The SMILES string of the molecule is Brc1ccc(N(c2ccccc2)c2ccccc2)c(-c2ccccc2)c1.OB(O)c1ccc2c(c1)C1(c3ccccc3-c3ccccc31)c1ccccc1-2.c1ccc(-c2cc(-c3ccc4c(c3)C3(c5ccccc5-c5ccccc53)c3ccccc3-4)ccc2N(c2ccccc2)c2ccccc2)cc1.c1ccc(-c2ccccc2N(c2ccccc2)c2ccccc2)cc1. The lowest BCUT2D eigenvalue weighted by Crippen LogP contribution is -2.32. The molecule has 0 saturated carbocycles. The number of benzene rings is 20. The van der Waals surface area contributed by atoms with Gasteiger partial charge in [-0.05, 0) is 238 Å². The zero-order valence-electron chi connectivity index (χ0n) is 70.8. The van der Waals surface area contributed by atoms with Gasteiger partial charge in [0, 0.05) is 55.3 Å². The fraction of sp³-hybridized carbons (Fsp3) is 0.0164. The highest BCUT2D eigenvalue weighted by Crippen LogP contribution is 2.65. The Balaban J connectivity index is 0.000000110. The van der Waals surface area contributed by atoms with Crippen LogP contribution in [0.25, 0.3) is 89.0 Å². The summed E-state index contributed by atoms with van der Waals surface area (Å²) in [5, 5.41) is 19.7. The van der Waals surface area contributed by atoms with Crippen LogP contribution >= 0.6 is 15.9 Å². The molecule has 2 spiro atoms. The predicted molar refractivity (Wildman–Crippen MR) is 542 cm³/mol. The summed E-state index contributed by atoms with van der Waals surface area (Å²) in [5.41, 5.74) is 40.1. The van der Waals surface area contributed by atoms with Crippen molar-refractivity contribution in [1.82, 2.24) is 0 Å². The second-order valence-electron chi connectivity index (χ2n) is 32.7. The third-order valence-corrected chi connectivity index (χ3v) is 26.1. The van der Waals surface area contributed by atoms with Gasteiger partial charge in [0.05, 0.1) is 27.9 Å². The molecule has 4 aliphatic rings. The fourth-order valence-corrected chi connectivity index (χ4v) is 20.5. The predicted octanol–water partition coefficient (Wildman–Crippen LogP) is 31.0. The highest BCUT2D eigenvalue weighted by atomic mass is 79.9. The zero-order chi connectivity index (χ0) is 86.6. The van der Waals surface area contributed by atoms with Gasteiger partial charge in [-0.1, -0.05) is 416 Å². The van der Waals surface area contributed by atoms with Crippen LogP contribution in [-0.4, -0.2) is 17.2 Å². The molecular weight excluding hydrogens is 1630 g/mol. The first kappa shape index (κ1) is 80.4. The minimum absolute atomic E-state index is 0.366. The van der Waals surface area contributed by atoms with Gasteiger partial charge >= 0.3 is 7.12 Å². The lowest BCUT2D eigenvalue weighted by Gasteiger charge is -2.31. The molecule has 129 heavy (non-hydrogen) atoms. The van der Waals surface area contributed by atoms with Gasteiger partial charge in [0.2, 0.25) is 0 Å². The van der Waals surface area contributed by atoms with Crippen LogP contribution in [0, 0.1) is 0 Å². The van der Waals surface area contributed by atoms with Gasteiger partial charge in [0.1, 0.15) is 0 Å². The first-order valence-electron chi connectivity index (χ1n) is 43.9. The monoisotopic (exact) mass is 1720 g/mol. The number of hydrogen-bond donors (Lipinski definition) is 2. The number of fused-ring (bicyclic) bond motifs is 20. The maximum absolute atomic E-state index is 9.85. The van der Waals surface area contributed by atoms with E-state index in [1.165, 1.54) is 128 Å². The summed E-state index contributed by atoms with van der Waals surface area (Å²) in [6.07, 6.45) is 0. The van der Waals surface area contributed by atoms with Gasteiger partial charge in [-0.15, -0.1) is 0 Å². The van der Waals surface area contributed by atoms with E-state index in [1.54, 1.807) is 0 Å². The Morgan fingerprint density at radius 3 is 0.736 bits per heavy atom. The van der Waals surface area contributed by atoms with Crippen molar-refractivity contribution in [2.24, 2.45) is 0 Å². The molecule has 0 aliphatic heterocycles. The van der Waals surface area contributed by atoms with Crippen LogP contribution in [0.15, 0.2) is 520 Å². The first-order chi connectivity index (χ1) is 63.8. The van der Waals surface area contributed by atoms with Crippen LogP contribution in [-0.2, 0) is 10.8 Å². The molecule has 0 radical (unpaired) electrons. The Kier molecular flexibility index (Phi) is 22.0. The second kappa shape index (κ2) is 35.4. The summed E-state index contributed by atoms with van der Waals surface area (Å²) in [6.45, 7) is 0. The maximum Gasteiger partial charge on any atom is 0.488 e. The van der Waals surface area contributed by atoms with Crippen molar-refractivity contribution in [1.29, 1.82) is 0 Å². The van der Waals surface area contributed by atoms with Gasteiger partial charge in [-0.3, -0.25) is 0 Å². The molecule has 24 rings (SSSR count). The van der Waals surface area contributed by atoms with E-state index in [2.05, 4.69) is 510 Å². The summed E-state index contributed by atoms with van der Waals surface area (Å²) < 4.78 is 1.07. The third-order valence-electron chi connectivity index (χ3n) is 25.6. The summed E-state index contributed by atoms with van der Waals surface area (Å²) >= 11 is 3.64. The van der Waals surface area contributed by atoms with Crippen LogP contribution < -0.4 is 20.2 Å². The molecule has 5 nitrogen and oxygen atoms in total. The number of nitrogens with zero attached hydrogens (tertiary/aromatic N) is 3. The molecule has 20 aromatic carbocycles. The van der Waals surface area contributed by atoms with Gasteiger partial charge in [-0.2, -0.15) is 0 Å². The maximum atomic E-state index is 9.85. The van der Waals surface area contributed by atoms with Gasteiger partial charge in [0.15, 0.2) is 0 Å². The lowest BCUT2D eigenvalue weighted by molar-refractivity contribution is 0.425. The molecule has 0 heterocycles. The summed E-state index contributed by atoms with van der Waals surface area (Å²) in [5.74, 6) is 0. The quantitative estimate of drug-likeness (QED) is 0.106. The Hall–Kier alpha value is -15.7. The Bertz CT molecular complexity index is 7170. The average Bonchev–Trinajstić information content (AvgIpc) is 1.51. The van der Waals surface area contributed by atoms with E-state index >= 15 is 0 Å². The molecule has 20 aromatic rings. The Morgan fingerprint density at radius 2 is 0.403 bits per heavy atom. The number of para-hydroxylation sites is 7. The standard InChI is InChI=1S/C49H33N.C25H17BO2.C24H18BrN.C24H19N/c1-4-16-34(17-5-1)43-32-35(29-31-48(43)50(37-18-6-2-7-19-37)38-20-8-3-9-21-38)36-28-30-42-41-24-12-15-27-46(41)49(47(42)33-36)44-25-13-10-22-39(44)40-23-11-14-26-45(40)49;27-26(28)16-13-14-20-19-9-3-6-12-23(19)25(24(20)15-16)21-10-4-1-7-17(21)18-8-2-5-11-22(18)25;25-20-16-17-24(23(18-20)19-10-4-1-5-11-19)26(21-12-6-2-7-13-21)22-14-8-3-9-15-22;1-4-12-20(13-5-1)23-18-10-11-19-24(23)25(21-14-6-2-7-15-21)22-16-8-3-9-17-22/h1-33H;1-15,27-28H;1-18H;1-19H. The average molecular weight is 1720 g/mol. The number of halogens is 1. The van der Waals surface area contributed by atoms with Gasteiger partial charge < -0.3 is 24.7 Å². The van der Waals surface area contributed by atoms with Crippen molar-refractivity contribution in [3.8, 4) is 89.0 Å². The normalized spacial score (nSPS) is 12.3. The molecule has 0 atom stereocenters. The molecule has 2 N–H and O–H groups in total. The fourth-order valence-electron chi connectivity index (χ4n) is 20.1. The van der Waals surface area contributed by atoms with E-state index < -0.39 is 12.5 Å². The van der Waals surface area contributed by atoms with Crippen molar-refractivity contribution < 1.29 is 10.0 Å². The van der Waals surface area contributed by atoms with Crippen LogP contribution in [0.5, 0.6) is 0 Å². The van der Waals surface area contributed by atoms with E-state index in [-0.39, 0.29) is 5.41 Å². The molecule has 0 fully saturated rings. The Labute approximate surface area is 763 Å². The first-order valence-corrected chi connectivity index (χ1v) is 44.7. The van der Waals surface area contributed by atoms with Crippen LogP contribution in [0.4, 0.5) is 51.2 Å². The molecule has 4 aliphatic carbocycles. The number of anilines is 9. The Morgan fingerprint density at radius 1 is 0.171 bits per heavy atom. The molecule has 0 aromatic heterocycles. The van der Waals surface area contributed by atoms with Crippen molar-refractivity contribution in [3.63, 3.8) is 0 Å². The van der Waals surface area contributed by atoms with Crippen LogP contribution in [0.3, 0.4) is 0 Å². The van der Waals surface area contributed by atoms with Crippen molar-refractivity contribution in [3.05, 3.63) is 565 Å². The molecule has 0 bridgehead atoms. The lowest BCUT2D eigenvalue weighted by atomic mass is 9.68. The smallest absolute Gasteiger partial charge is 0.423 e. The number of rotatable bonds is 14.